The van der Waals surface area contributed by atoms with Crippen molar-refractivity contribution in [3.63, 3.8) is 0 Å². The van der Waals surface area contributed by atoms with Gasteiger partial charge in [-0.05, 0) is 62.4 Å². The Labute approximate surface area is 155 Å². The number of anilines is 3. The first-order chi connectivity index (χ1) is 12.4. The van der Waals surface area contributed by atoms with E-state index >= 15 is 0 Å². The van der Waals surface area contributed by atoms with Crippen LogP contribution in [-0.2, 0) is 4.79 Å². The minimum absolute atomic E-state index is 0.0458. The molecule has 138 valence electrons. The van der Waals surface area contributed by atoms with E-state index < -0.39 is 0 Å². The number of rotatable bonds is 7. The molecule has 2 N–H and O–H groups in total. The monoisotopic (exact) mass is 353 g/mol. The summed E-state index contributed by atoms with van der Waals surface area (Å²) in [6.07, 6.45) is 0. The van der Waals surface area contributed by atoms with Crippen molar-refractivity contribution in [1.29, 1.82) is 0 Å². The zero-order chi connectivity index (χ0) is 19.1. The Hall–Kier alpha value is -2.82. The normalized spacial score (nSPS) is 10.5. The summed E-state index contributed by atoms with van der Waals surface area (Å²) < 4.78 is 0. The van der Waals surface area contributed by atoms with Crippen LogP contribution in [0.1, 0.15) is 38.1 Å². The summed E-state index contributed by atoms with van der Waals surface area (Å²) >= 11 is 0. The SMILES string of the molecule is CCN(CC)c1ccc(NC(=O)c2ccc(NC(=O)C(C)C)cc2)cc1. The van der Waals surface area contributed by atoms with Crippen LogP contribution in [0.3, 0.4) is 0 Å². The summed E-state index contributed by atoms with van der Waals surface area (Å²) in [7, 11) is 0. The van der Waals surface area contributed by atoms with E-state index in [-0.39, 0.29) is 17.7 Å². The first-order valence-electron chi connectivity index (χ1n) is 9.01. The van der Waals surface area contributed by atoms with E-state index in [4.69, 9.17) is 0 Å². The van der Waals surface area contributed by atoms with E-state index in [0.717, 1.165) is 24.5 Å². The van der Waals surface area contributed by atoms with Gasteiger partial charge >= 0.3 is 0 Å². The Balaban J connectivity index is 2.00. The molecule has 26 heavy (non-hydrogen) atoms. The lowest BCUT2D eigenvalue weighted by Gasteiger charge is -2.21. The zero-order valence-electron chi connectivity index (χ0n) is 15.9. The van der Waals surface area contributed by atoms with Crippen LogP contribution >= 0.6 is 0 Å². The Morgan fingerprint density at radius 3 is 1.85 bits per heavy atom. The number of benzene rings is 2. The quantitative estimate of drug-likeness (QED) is 0.776. The maximum absolute atomic E-state index is 12.4. The summed E-state index contributed by atoms with van der Waals surface area (Å²) in [5.74, 6) is -0.310. The van der Waals surface area contributed by atoms with Crippen LogP contribution in [0.4, 0.5) is 17.1 Å². The number of nitrogens with zero attached hydrogens (tertiary/aromatic N) is 1. The number of nitrogens with one attached hydrogen (secondary N) is 2. The number of hydrogen-bond acceptors (Lipinski definition) is 3. The predicted octanol–water partition coefficient (Wildman–Crippen LogP) is 4.38. The molecule has 0 aliphatic carbocycles. The minimum atomic E-state index is -0.178. The fourth-order valence-electron chi connectivity index (χ4n) is 2.54. The Morgan fingerprint density at radius 2 is 1.35 bits per heavy atom. The fraction of sp³-hybridized carbons (Fsp3) is 0.333. The van der Waals surface area contributed by atoms with Crippen LogP contribution in [0.5, 0.6) is 0 Å². The Bertz CT molecular complexity index is 733. The van der Waals surface area contributed by atoms with Crippen LogP contribution in [0.2, 0.25) is 0 Å². The molecule has 0 spiro atoms. The lowest BCUT2D eigenvalue weighted by atomic mass is 10.1. The van der Waals surface area contributed by atoms with E-state index in [1.807, 2.05) is 38.1 Å². The van der Waals surface area contributed by atoms with Gasteiger partial charge in [-0.3, -0.25) is 9.59 Å². The summed E-state index contributed by atoms with van der Waals surface area (Å²) in [4.78, 5) is 26.3. The largest absolute Gasteiger partial charge is 0.372 e. The maximum Gasteiger partial charge on any atom is 0.255 e. The van der Waals surface area contributed by atoms with Crippen LogP contribution in [-0.4, -0.2) is 24.9 Å². The van der Waals surface area contributed by atoms with Crippen LogP contribution in [0.15, 0.2) is 48.5 Å². The van der Waals surface area contributed by atoms with Gasteiger partial charge < -0.3 is 15.5 Å². The first-order valence-corrected chi connectivity index (χ1v) is 9.01. The topological polar surface area (TPSA) is 61.4 Å². The molecule has 2 aromatic carbocycles. The molecule has 0 heterocycles. The van der Waals surface area contributed by atoms with Crippen LogP contribution in [0.25, 0.3) is 0 Å². The second-order valence-corrected chi connectivity index (χ2v) is 6.39. The lowest BCUT2D eigenvalue weighted by Crippen LogP contribution is -2.21. The van der Waals surface area contributed by atoms with E-state index in [1.54, 1.807) is 24.3 Å². The highest BCUT2D eigenvalue weighted by atomic mass is 16.2. The summed E-state index contributed by atoms with van der Waals surface area (Å²) in [5.41, 5.74) is 3.12. The molecule has 2 aromatic rings. The molecule has 2 amide bonds. The summed E-state index contributed by atoms with van der Waals surface area (Å²) in [5, 5.41) is 5.70. The van der Waals surface area contributed by atoms with Crippen LogP contribution in [0, 0.1) is 5.92 Å². The minimum Gasteiger partial charge on any atom is -0.372 e. The highest BCUT2D eigenvalue weighted by Gasteiger charge is 2.09. The molecular weight excluding hydrogens is 326 g/mol. The third-order valence-corrected chi connectivity index (χ3v) is 4.19. The molecule has 2 rings (SSSR count). The van der Waals surface area contributed by atoms with Gasteiger partial charge in [0.2, 0.25) is 5.91 Å². The highest BCUT2D eigenvalue weighted by molar-refractivity contribution is 6.04. The lowest BCUT2D eigenvalue weighted by molar-refractivity contribution is -0.118. The van der Waals surface area contributed by atoms with Crippen LogP contribution < -0.4 is 15.5 Å². The number of carbonyl (C=O) groups excluding carboxylic acids is 2. The van der Waals surface area contributed by atoms with Gasteiger partial charge in [0.1, 0.15) is 0 Å². The molecule has 5 nitrogen and oxygen atoms in total. The molecule has 0 bridgehead atoms. The first kappa shape index (κ1) is 19.5. The maximum atomic E-state index is 12.4. The standard InChI is InChI=1S/C21H27N3O2/c1-5-24(6-2)19-13-11-18(12-14-19)23-21(26)16-7-9-17(10-8-16)22-20(25)15(3)4/h7-15H,5-6H2,1-4H3,(H,22,25)(H,23,26). The van der Waals surface area contributed by atoms with Gasteiger partial charge in [0.15, 0.2) is 0 Å². The van der Waals surface area contributed by atoms with Crippen molar-refractivity contribution in [3.05, 3.63) is 54.1 Å². The molecule has 0 saturated heterocycles. The molecule has 0 aliphatic heterocycles. The van der Waals surface area contributed by atoms with Gasteiger partial charge in [-0.25, -0.2) is 0 Å². The summed E-state index contributed by atoms with van der Waals surface area (Å²) in [6, 6.07) is 14.7. The molecule has 0 unspecified atom stereocenters. The molecular formula is C21H27N3O2. The number of amides is 2. The van der Waals surface area contributed by atoms with E-state index in [9.17, 15) is 9.59 Å². The Morgan fingerprint density at radius 1 is 0.846 bits per heavy atom. The Kier molecular flexibility index (Phi) is 6.78. The smallest absolute Gasteiger partial charge is 0.255 e. The molecule has 0 radical (unpaired) electrons. The number of carbonyl (C=O) groups is 2. The van der Waals surface area contributed by atoms with Crippen molar-refractivity contribution < 1.29 is 9.59 Å². The average Bonchev–Trinajstić information content (AvgIpc) is 2.64. The fourth-order valence-corrected chi connectivity index (χ4v) is 2.54. The van der Waals surface area contributed by atoms with E-state index in [2.05, 4.69) is 29.4 Å². The van der Waals surface area contributed by atoms with Crippen molar-refractivity contribution in [2.24, 2.45) is 5.92 Å². The molecule has 5 heteroatoms. The van der Waals surface area contributed by atoms with Gasteiger partial charge in [-0.15, -0.1) is 0 Å². The third-order valence-electron chi connectivity index (χ3n) is 4.19. The second-order valence-electron chi connectivity index (χ2n) is 6.39. The van der Waals surface area contributed by atoms with Gasteiger partial charge in [0, 0.05) is 41.6 Å². The molecule has 0 aliphatic rings. The highest BCUT2D eigenvalue weighted by Crippen LogP contribution is 2.19. The zero-order valence-corrected chi connectivity index (χ0v) is 15.9. The molecule has 0 fully saturated rings. The molecule has 0 saturated carbocycles. The van der Waals surface area contributed by atoms with E-state index in [0.29, 0.717) is 11.3 Å². The van der Waals surface area contributed by atoms with Gasteiger partial charge in [0.05, 0.1) is 0 Å². The van der Waals surface area contributed by atoms with Gasteiger partial charge in [0.25, 0.3) is 5.91 Å². The van der Waals surface area contributed by atoms with Crippen molar-refractivity contribution in [1.82, 2.24) is 0 Å². The van der Waals surface area contributed by atoms with Crippen molar-refractivity contribution in [2.75, 3.05) is 28.6 Å². The van der Waals surface area contributed by atoms with E-state index in [1.165, 1.54) is 0 Å². The summed E-state index contributed by atoms with van der Waals surface area (Å²) in [6.45, 7) is 9.80. The van der Waals surface area contributed by atoms with Crippen molar-refractivity contribution in [3.8, 4) is 0 Å². The average molecular weight is 353 g/mol. The third kappa shape index (κ3) is 5.09. The van der Waals surface area contributed by atoms with Crippen molar-refractivity contribution in [2.45, 2.75) is 27.7 Å². The molecule has 0 atom stereocenters. The number of hydrogen-bond donors (Lipinski definition) is 2. The molecule has 0 aromatic heterocycles. The second kappa shape index (κ2) is 9.04. The van der Waals surface area contributed by atoms with Crippen molar-refractivity contribution >= 4 is 28.9 Å². The van der Waals surface area contributed by atoms with Gasteiger partial charge in [-0.1, -0.05) is 13.8 Å². The predicted molar refractivity (Wildman–Crippen MR) is 108 cm³/mol. The van der Waals surface area contributed by atoms with Gasteiger partial charge in [-0.2, -0.15) is 0 Å².